The van der Waals surface area contributed by atoms with E-state index in [1.165, 1.54) is 37.0 Å². The molecule has 2 atom stereocenters. The number of halogens is 1. The van der Waals surface area contributed by atoms with Crippen molar-refractivity contribution in [2.24, 2.45) is 11.8 Å². The Bertz CT molecular complexity index is 1510. The van der Waals surface area contributed by atoms with E-state index in [0.29, 0.717) is 40.0 Å². The molecule has 3 heterocycles. The van der Waals surface area contributed by atoms with Crippen molar-refractivity contribution < 1.29 is 22.7 Å². The van der Waals surface area contributed by atoms with Gasteiger partial charge in [0.25, 0.3) is 5.56 Å². The van der Waals surface area contributed by atoms with Crippen molar-refractivity contribution in [3.8, 4) is 11.5 Å². The lowest BCUT2D eigenvalue weighted by molar-refractivity contribution is -0.116. The number of hydrogen-bond acceptors (Lipinski definition) is 8. The van der Waals surface area contributed by atoms with Gasteiger partial charge in [-0.3, -0.25) is 14.2 Å². The molecule has 1 aromatic carbocycles. The maximum absolute atomic E-state index is 13.7. The molecule has 0 aliphatic carbocycles. The van der Waals surface area contributed by atoms with Crippen LogP contribution in [0.1, 0.15) is 25.1 Å². The molecule has 0 bridgehead atoms. The van der Waals surface area contributed by atoms with Crippen molar-refractivity contribution in [2.75, 3.05) is 32.6 Å². The zero-order chi connectivity index (χ0) is 27.1. The molecule has 0 saturated carbocycles. The molecule has 10 nitrogen and oxygen atoms in total. The average Bonchev–Trinajstić information content (AvgIpc) is 3.18. The van der Waals surface area contributed by atoms with Gasteiger partial charge >= 0.3 is 0 Å². The third-order valence-electron chi connectivity index (χ3n) is 6.29. The van der Waals surface area contributed by atoms with E-state index in [1.54, 1.807) is 6.92 Å². The van der Waals surface area contributed by atoms with Crippen LogP contribution in [-0.4, -0.2) is 55.5 Å². The first-order valence-electron chi connectivity index (χ1n) is 11.7. The highest BCUT2D eigenvalue weighted by molar-refractivity contribution is 7.89. The second-order valence-corrected chi connectivity index (χ2v) is 12.8. The highest BCUT2D eigenvalue weighted by Gasteiger charge is 2.36. The van der Waals surface area contributed by atoms with Gasteiger partial charge in [0.15, 0.2) is 0 Å². The molecule has 1 amide bonds. The van der Waals surface area contributed by atoms with E-state index in [-0.39, 0.29) is 33.7 Å². The van der Waals surface area contributed by atoms with Gasteiger partial charge < -0.3 is 14.8 Å². The number of ether oxygens (including phenoxy) is 2. The molecule has 0 spiro atoms. The third-order valence-corrected chi connectivity index (χ3v) is 9.74. The average molecular weight is 569 g/mol. The fraction of sp³-hybridized carbons (Fsp3) is 0.458. The summed E-state index contributed by atoms with van der Waals surface area (Å²) in [6, 6.07) is 3.01. The summed E-state index contributed by atoms with van der Waals surface area (Å²) in [5, 5.41) is 2.95. The highest BCUT2D eigenvalue weighted by Crippen LogP contribution is 2.37. The monoisotopic (exact) mass is 568 g/mol. The zero-order valence-corrected chi connectivity index (χ0v) is 23.6. The second-order valence-electron chi connectivity index (χ2n) is 9.35. The lowest BCUT2D eigenvalue weighted by Crippen LogP contribution is -2.42. The number of piperidine rings is 1. The number of carbonyl (C=O) groups is 1. The maximum Gasteiger partial charge on any atom is 0.263 e. The molecule has 2 aromatic heterocycles. The SMILES string of the molecule is COc1cc(OC)c(NC(=O)Cn2cnc3sc(C)c(S(=O)(=O)N4CC(C)CC(C)C4)c3c2=O)cc1Cl. The number of amides is 1. The summed E-state index contributed by atoms with van der Waals surface area (Å²) in [4.78, 5) is 31.4. The Morgan fingerprint density at radius 1 is 1.19 bits per heavy atom. The Balaban J connectivity index is 1.68. The van der Waals surface area contributed by atoms with Crippen LogP contribution in [-0.2, 0) is 21.4 Å². The molecule has 1 N–H and O–H groups in total. The predicted octanol–water partition coefficient (Wildman–Crippen LogP) is 3.74. The summed E-state index contributed by atoms with van der Waals surface area (Å²) < 4.78 is 40.4. The van der Waals surface area contributed by atoms with E-state index in [4.69, 9.17) is 21.1 Å². The summed E-state index contributed by atoms with van der Waals surface area (Å²) >= 11 is 7.33. The van der Waals surface area contributed by atoms with Crippen molar-refractivity contribution in [1.29, 1.82) is 0 Å². The molecule has 0 radical (unpaired) electrons. The Morgan fingerprint density at radius 3 is 2.46 bits per heavy atom. The molecule has 200 valence electrons. The summed E-state index contributed by atoms with van der Waals surface area (Å²) in [7, 11) is -1.04. The molecule has 1 fully saturated rings. The summed E-state index contributed by atoms with van der Waals surface area (Å²) in [6.07, 6.45) is 2.20. The normalized spacial score (nSPS) is 18.6. The Hall–Kier alpha value is -2.67. The molecule has 1 aliphatic rings. The number of fused-ring (bicyclic) bond motifs is 1. The van der Waals surface area contributed by atoms with Gasteiger partial charge in [-0.15, -0.1) is 11.3 Å². The topological polar surface area (TPSA) is 120 Å². The Labute approximate surface area is 224 Å². The van der Waals surface area contributed by atoms with Gasteiger partial charge in [-0.1, -0.05) is 25.4 Å². The van der Waals surface area contributed by atoms with Crippen LogP contribution in [0.4, 0.5) is 5.69 Å². The van der Waals surface area contributed by atoms with Crippen LogP contribution in [0.2, 0.25) is 5.02 Å². The lowest BCUT2D eigenvalue weighted by Gasteiger charge is -2.34. The van der Waals surface area contributed by atoms with Crippen LogP contribution in [0.5, 0.6) is 11.5 Å². The molecule has 1 saturated heterocycles. The minimum atomic E-state index is -3.93. The lowest BCUT2D eigenvalue weighted by atomic mass is 9.94. The Kier molecular flexibility index (Phi) is 7.84. The minimum Gasteiger partial charge on any atom is -0.495 e. The number of sulfonamides is 1. The van der Waals surface area contributed by atoms with Crippen LogP contribution < -0.4 is 20.3 Å². The van der Waals surface area contributed by atoms with E-state index in [0.717, 1.165) is 22.3 Å². The molecule has 13 heteroatoms. The highest BCUT2D eigenvalue weighted by atomic mass is 35.5. The number of aryl methyl sites for hydroxylation is 1. The van der Waals surface area contributed by atoms with E-state index in [2.05, 4.69) is 10.3 Å². The second kappa shape index (κ2) is 10.6. The first kappa shape index (κ1) is 27.4. The van der Waals surface area contributed by atoms with Crippen molar-refractivity contribution in [2.45, 2.75) is 38.6 Å². The predicted molar refractivity (Wildman–Crippen MR) is 144 cm³/mol. The quantitative estimate of drug-likeness (QED) is 0.461. The minimum absolute atomic E-state index is 0.00810. The summed E-state index contributed by atoms with van der Waals surface area (Å²) in [5.41, 5.74) is -0.302. The van der Waals surface area contributed by atoms with Crippen molar-refractivity contribution >= 4 is 54.8 Å². The fourth-order valence-electron chi connectivity index (χ4n) is 4.77. The van der Waals surface area contributed by atoms with Gasteiger partial charge in [0.2, 0.25) is 15.9 Å². The number of methoxy groups -OCH3 is 2. The van der Waals surface area contributed by atoms with Crippen LogP contribution in [0.3, 0.4) is 0 Å². The van der Waals surface area contributed by atoms with Crippen molar-refractivity contribution in [3.05, 3.63) is 38.7 Å². The van der Waals surface area contributed by atoms with Gasteiger partial charge in [0.05, 0.1) is 36.6 Å². The molecule has 2 unspecified atom stereocenters. The smallest absolute Gasteiger partial charge is 0.263 e. The molecular formula is C24H29ClN4O6S2. The zero-order valence-electron chi connectivity index (χ0n) is 21.2. The van der Waals surface area contributed by atoms with Gasteiger partial charge in [0, 0.05) is 24.0 Å². The number of thiophene rings is 1. The van der Waals surface area contributed by atoms with Gasteiger partial charge in [-0.05, 0) is 31.2 Å². The van der Waals surface area contributed by atoms with E-state index < -0.39 is 21.5 Å². The molecule has 37 heavy (non-hydrogen) atoms. The third kappa shape index (κ3) is 5.33. The number of nitrogens with zero attached hydrogens (tertiary/aromatic N) is 3. The first-order chi connectivity index (χ1) is 17.5. The summed E-state index contributed by atoms with van der Waals surface area (Å²) in [5.74, 6) is 0.581. The Morgan fingerprint density at radius 2 is 1.84 bits per heavy atom. The van der Waals surface area contributed by atoms with Crippen molar-refractivity contribution in [1.82, 2.24) is 13.9 Å². The number of carbonyl (C=O) groups excluding carboxylic acids is 1. The van der Waals surface area contributed by atoms with E-state index in [9.17, 15) is 18.0 Å². The van der Waals surface area contributed by atoms with Crippen LogP contribution in [0, 0.1) is 18.8 Å². The maximum atomic E-state index is 13.7. The molecule has 3 aromatic rings. The van der Waals surface area contributed by atoms with Gasteiger partial charge in [-0.2, -0.15) is 4.31 Å². The van der Waals surface area contributed by atoms with Crippen molar-refractivity contribution in [3.63, 3.8) is 0 Å². The molecular weight excluding hydrogens is 540 g/mol. The van der Waals surface area contributed by atoms with E-state index in [1.807, 2.05) is 13.8 Å². The van der Waals surface area contributed by atoms with Gasteiger partial charge in [0.1, 0.15) is 27.8 Å². The number of benzene rings is 1. The molecule has 4 rings (SSSR count). The van der Waals surface area contributed by atoms with Crippen LogP contribution >= 0.6 is 22.9 Å². The number of nitrogens with one attached hydrogen (secondary N) is 1. The largest absolute Gasteiger partial charge is 0.495 e. The summed E-state index contributed by atoms with van der Waals surface area (Å²) in [6.45, 7) is 6.12. The van der Waals surface area contributed by atoms with Crippen LogP contribution in [0.25, 0.3) is 10.2 Å². The number of rotatable bonds is 7. The number of aromatic nitrogens is 2. The van der Waals surface area contributed by atoms with Gasteiger partial charge in [-0.25, -0.2) is 13.4 Å². The fourth-order valence-corrected chi connectivity index (χ4v) is 8.36. The standard InChI is InChI=1S/C24H29ClN4O6S2/c1-13-6-14(2)10-29(9-13)37(32,33)22-15(3)36-23-21(22)24(31)28(12-26-23)11-20(30)27-17-7-16(25)18(34-4)8-19(17)35-5/h7-8,12-14H,6,9-11H2,1-5H3,(H,27,30). The first-order valence-corrected chi connectivity index (χ1v) is 14.3. The number of anilines is 1. The number of hydrogen-bond donors (Lipinski definition) is 1. The molecule has 1 aliphatic heterocycles. The van der Waals surface area contributed by atoms with E-state index >= 15 is 0 Å². The van der Waals surface area contributed by atoms with Crippen LogP contribution in [0.15, 0.2) is 28.2 Å².